The minimum absolute atomic E-state index is 0.0866. The summed E-state index contributed by atoms with van der Waals surface area (Å²) in [5.41, 5.74) is 2.07. The van der Waals surface area contributed by atoms with Crippen LogP contribution in [0.3, 0.4) is 0 Å². The average Bonchev–Trinajstić information content (AvgIpc) is 3.47. The summed E-state index contributed by atoms with van der Waals surface area (Å²) in [6.07, 6.45) is 5.36. The molecule has 0 radical (unpaired) electrons. The number of urea groups is 1. The van der Waals surface area contributed by atoms with Crippen molar-refractivity contribution in [3.8, 4) is 11.3 Å². The van der Waals surface area contributed by atoms with E-state index in [-0.39, 0.29) is 17.8 Å². The van der Waals surface area contributed by atoms with Crippen molar-refractivity contribution in [2.75, 3.05) is 23.8 Å². The van der Waals surface area contributed by atoms with Crippen molar-refractivity contribution in [2.45, 2.75) is 18.9 Å². The predicted molar refractivity (Wildman–Crippen MR) is 110 cm³/mol. The van der Waals surface area contributed by atoms with E-state index in [0.717, 1.165) is 25.0 Å². The molecule has 2 aromatic heterocycles. The maximum atomic E-state index is 12.4. The van der Waals surface area contributed by atoms with Crippen LogP contribution in [0.2, 0.25) is 0 Å². The van der Waals surface area contributed by atoms with Gasteiger partial charge in [0.25, 0.3) is 5.91 Å². The lowest BCUT2D eigenvalue weighted by Crippen LogP contribution is -2.35. The normalized spacial score (nSPS) is 15.5. The summed E-state index contributed by atoms with van der Waals surface area (Å²) < 4.78 is 10.7. The largest absolute Gasteiger partial charge is 0.376 e. The molecule has 1 saturated heterocycles. The van der Waals surface area contributed by atoms with Crippen LogP contribution in [0.15, 0.2) is 59.4 Å². The third-order valence-corrected chi connectivity index (χ3v) is 4.60. The van der Waals surface area contributed by atoms with Gasteiger partial charge in [-0.15, -0.1) is 0 Å². The Morgan fingerprint density at radius 2 is 1.90 bits per heavy atom. The molecule has 30 heavy (non-hydrogen) atoms. The van der Waals surface area contributed by atoms with Crippen LogP contribution in [0.1, 0.15) is 23.3 Å². The second-order valence-electron chi connectivity index (χ2n) is 6.82. The summed E-state index contributed by atoms with van der Waals surface area (Å²) in [5, 5.41) is 12.1. The third-order valence-electron chi connectivity index (χ3n) is 4.60. The van der Waals surface area contributed by atoms with Crippen molar-refractivity contribution in [1.29, 1.82) is 0 Å². The molecule has 1 aromatic carbocycles. The highest BCUT2D eigenvalue weighted by molar-refractivity contribution is 6.03. The molecule has 3 amide bonds. The monoisotopic (exact) mass is 407 g/mol. The van der Waals surface area contributed by atoms with Crippen LogP contribution in [0.5, 0.6) is 0 Å². The Balaban J connectivity index is 1.29. The Bertz CT molecular complexity index is 998. The van der Waals surface area contributed by atoms with Gasteiger partial charge in [-0.1, -0.05) is 5.16 Å². The van der Waals surface area contributed by atoms with Crippen LogP contribution in [0.25, 0.3) is 11.3 Å². The molecule has 3 aromatic rings. The minimum Gasteiger partial charge on any atom is -0.376 e. The number of hydrogen-bond acceptors (Lipinski definition) is 6. The molecule has 3 N–H and O–H groups in total. The number of carbonyl (C=O) groups is 2. The fourth-order valence-corrected chi connectivity index (χ4v) is 3.05. The van der Waals surface area contributed by atoms with Crippen LogP contribution in [0, 0.1) is 0 Å². The average molecular weight is 407 g/mol. The van der Waals surface area contributed by atoms with E-state index in [4.69, 9.17) is 9.26 Å². The first-order valence-electron chi connectivity index (χ1n) is 9.62. The number of benzene rings is 1. The molecule has 9 heteroatoms. The number of anilines is 2. The van der Waals surface area contributed by atoms with Gasteiger partial charge in [0.2, 0.25) is 0 Å². The van der Waals surface area contributed by atoms with Gasteiger partial charge in [-0.05, 0) is 49.2 Å². The van der Waals surface area contributed by atoms with E-state index in [9.17, 15) is 9.59 Å². The number of amides is 3. The zero-order chi connectivity index (χ0) is 20.8. The molecule has 0 bridgehead atoms. The van der Waals surface area contributed by atoms with E-state index in [1.165, 1.54) is 0 Å². The van der Waals surface area contributed by atoms with E-state index < -0.39 is 5.91 Å². The number of carbonyl (C=O) groups excluding carboxylic acids is 2. The van der Waals surface area contributed by atoms with Gasteiger partial charge in [-0.25, -0.2) is 4.79 Å². The quantitative estimate of drug-likeness (QED) is 0.577. The molecule has 1 aliphatic rings. The molecule has 4 rings (SSSR count). The Labute approximate surface area is 172 Å². The minimum atomic E-state index is -0.399. The molecule has 1 fully saturated rings. The van der Waals surface area contributed by atoms with Crippen molar-refractivity contribution < 1.29 is 18.8 Å². The van der Waals surface area contributed by atoms with Crippen LogP contribution in [-0.4, -0.2) is 41.3 Å². The molecule has 1 atom stereocenters. The number of nitrogens with zero attached hydrogens (tertiary/aromatic N) is 2. The predicted octanol–water partition coefficient (Wildman–Crippen LogP) is 3.29. The van der Waals surface area contributed by atoms with Gasteiger partial charge in [0, 0.05) is 48.5 Å². The number of ether oxygens (including phenoxy) is 1. The van der Waals surface area contributed by atoms with E-state index in [2.05, 4.69) is 26.1 Å². The molecule has 1 aliphatic heterocycles. The summed E-state index contributed by atoms with van der Waals surface area (Å²) in [5.74, 6) is 0.0609. The zero-order valence-corrected chi connectivity index (χ0v) is 16.1. The standard InChI is InChI=1S/C21H21N5O4/c27-20(18-11-19(30-26-18)14-3-1-9-22-12-14)24-15-5-7-16(8-6-15)25-21(28)23-13-17-4-2-10-29-17/h1,3,5-9,11-12,17H,2,4,10,13H2,(H,24,27)(H2,23,25,28)/t17-/m1/s1. The summed E-state index contributed by atoms with van der Waals surface area (Å²) in [7, 11) is 0. The number of rotatable bonds is 6. The van der Waals surface area contributed by atoms with Gasteiger partial charge in [0.1, 0.15) is 0 Å². The number of aromatic nitrogens is 2. The summed E-state index contributed by atoms with van der Waals surface area (Å²) in [6, 6.07) is 11.6. The van der Waals surface area contributed by atoms with Crippen LogP contribution < -0.4 is 16.0 Å². The van der Waals surface area contributed by atoms with Crippen molar-refractivity contribution in [2.24, 2.45) is 0 Å². The second kappa shape index (κ2) is 9.19. The number of pyridine rings is 1. The van der Waals surface area contributed by atoms with Gasteiger partial charge in [-0.2, -0.15) is 0 Å². The highest BCUT2D eigenvalue weighted by Crippen LogP contribution is 2.20. The van der Waals surface area contributed by atoms with Gasteiger partial charge >= 0.3 is 6.03 Å². The molecule has 0 aliphatic carbocycles. The molecular formula is C21H21N5O4. The van der Waals surface area contributed by atoms with Crippen molar-refractivity contribution >= 4 is 23.3 Å². The SMILES string of the molecule is O=C(NC[C@H]1CCCO1)Nc1ccc(NC(=O)c2cc(-c3cccnc3)on2)cc1. The maximum absolute atomic E-state index is 12.4. The molecule has 154 valence electrons. The molecule has 0 saturated carbocycles. The Morgan fingerprint density at radius 1 is 1.10 bits per heavy atom. The van der Waals surface area contributed by atoms with E-state index in [1.54, 1.807) is 48.8 Å². The van der Waals surface area contributed by atoms with Gasteiger partial charge < -0.3 is 25.2 Å². The van der Waals surface area contributed by atoms with Gasteiger partial charge in [0.15, 0.2) is 11.5 Å². The van der Waals surface area contributed by atoms with Crippen LogP contribution in [0.4, 0.5) is 16.2 Å². The first-order valence-corrected chi connectivity index (χ1v) is 9.62. The van der Waals surface area contributed by atoms with Crippen LogP contribution >= 0.6 is 0 Å². The van der Waals surface area contributed by atoms with E-state index in [1.807, 2.05) is 6.07 Å². The summed E-state index contributed by atoms with van der Waals surface area (Å²) in [6.45, 7) is 1.24. The zero-order valence-electron chi connectivity index (χ0n) is 16.1. The first kappa shape index (κ1) is 19.6. The Morgan fingerprint density at radius 3 is 2.60 bits per heavy atom. The van der Waals surface area contributed by atoms with Crippen molar-refractivity contribution in [3.05, 3.63) is 60.6 Å². The van der Waals surface area contributed by atoms with Crippen LogP contribution in [-0.2, 0) is 4.74 Å². The lowest BCUT2D eigenvalue weighted by atomic mass is 10.2. The smallest absolute Gasteiger partial charge is 0.319 e. The van der Waals surface area contributed by atoms with E-state index >= 15 is 0 Å². The fourth-order valence-electron chi connectivity index (χ4n) is 3.05. The highest BCUT2D eigenvalue weighted by Gasteiger charge is 2.16. The first-order chi connectivity index (χ1) is 14.7. The topological polar surface area (TPSA) is 118 Å². The Hall–Kier alpha value is -3.72. The van der Waals surface area contributed by atoms with Crippen molar-refractivity contribution in [1.82, 2.24) is 15.5 Å². The van der Waals surface area contributed by atoms with E-state index in [0.29, 0.717) is 23.7 Å². The fraction of sp³-hybridized carbons (Fsp3) is 0.238. The van der Waals surface area contributed by atoms with Gasteiger partial charge in [0.05, 0.1) is 6.10 Å². The maximum Gasteiger partial charge on any atom is 0.319 e. The highest BCUT2D eigenvalue weighted by atomic mass is 16.5. The molecule has 0 spiro atoms. The summed E-state index contributed by atoms with van der Waals surface area (Å²) in [4.78, 5) is 28.4. The molecule has 3 heterocycles. The van der Waals surface area contributed by atoms with Gasteiger partial charge in [-0.3, -0.25) is 9.78 Å². The van der Waals surface area contributed by atoms with Crippen molar-refractivity contribution in [3.63, 3.8) is 0 Å². The molecular weight excluding hydrogens is 386 g/mol. The number of hydrogen-bond donors (Lipinski definition) is 3. The third kappa shape index (κ3) is 5.00. The lowest BCUT2D eigenvalue weighted by molar-refractivity contribution is 0.101. The summed E-state index contributed by atoms with van der Waals surface area (Å²) >= 11 is 0. The lowest BCUT2D eigenvalue weighted by Gasteiger charge is -2.12. The Kier molecular flexibility index (Phi) is 6.00. The molecule has 0 unspecified atom stereocenters. The second-order valence-corrected chi connectivity index (χ2v) is 6.82. The molecule has 9 nitrogen and oxygen atoms in total. The number of nitrogens with one attached hydrogen (secondary N) is 3.